The van der Waals surface area contributed by atoms with Crippen LogP contribution in [0.1, 0.15) is 40.7 Å². The molecule has 7 heteroatoms. The first kappa shape index (κ1) is 14.6. The summed E-state index contributed by atoms with van der Waals surface area (Å²) >= 11 is 0. The van der Waals surface area contributed by atoms with Crippen LogP contribution in [0.15, 0.2) is 12.4 Å². The Morgan fingerprint density at radius 2 is 2.05 bits per heavy atom. The minimum atomic E-state index is -0.0770. The molecule has 22 heavy (non-hydrogen) atoms. The second kappa shape index (κ2) is 5.82. The summed E-state index contributed by atoms with van der Waals surface area (Å²) in [6.07, 6.45) is 5.79. The third-order valence-electron chi connectivity index (χ3n) is 4.27. The topological polar surface area (TPSA) is 76.8 Å². The van der Waals surface area contributed by atoms with E-state index in [1.54, 1.807) is 17.3 Å². The van der Waals surface area contributed by atoms with Crippen molar-refractivity contribution in [1.29, 1.82) is 0 Å². The van der Waals surface area contributed by atoms with E-state index < -0.39 is 0 Å². The smallest absolute Gasteiger partial charge is 0.274 e. The second-order valence-electron chi connectivity index (χ2n) is 5.76. The summed E-state index contributed by atoms with van der Waals surface area (Å²) in [6, 6.07) is 0.178. The van der Waals surface area contributed by atoms with Gasteiger partial charge in [-0.15, -0.1) is 10.2 Å². The molecule has 0 saturated carbocycles. The first-order chi connectivity index (χ1) is 10.6. The summed E-state index contributed by atoms with van der Waals surface area (Å²) in [5.41, 5.74) is 1.20. The van der Waals surface area contributed by atoms with Crippen molar-refractivity contribution in [3.05, 3.63) is 35.4 Å². The molecule has 116 valence electrons. The second-order valence-corrected chi connectivity index (χ2v) is 5.76. The summed E-state index contributed by atoms with van der Waals surface area (Å²) in [5, 5.41) is 8.32. The monoisotopic (exact) mass is 300 g/mol. The number of rotatable bonds is 2. The van der Waals surface area contributed by atoms with Crippen LogP contribution >= 0.6 is 0 Å². The van der Waals surface area contributed by atoms with Gasteiger partial charge >= 0.3 is 0 Å². The third kappa shape index (κ3) is 2.70. The van der Waals surface area contributed by atoms with Crippen LogP contribution in [0.2, 0.25) is 0 Å². The zero-order valence-corrected chi connectivity index (χ0v) is 13.2. The Labute approximate surface area is 129 Å². The summed E-state index contributed by atoms with van der Waals surface area (Å²) in [5.74, 6) is 1.87. The Morgan fingerprint density at radius 1 is 1.23 bits per heavy atom. The molecule has 0 fully saturated rings. The van der Waals surface area contributed by atoms with Crippen molar-refractivity contribution in [2.75, 3.05) is 7.05 Å². The fourth-order valence-corrected chi connectivity index (χ4v) is 2.86. The Bertz CT molecular complexity index is 678. The van der Waals surface area contributed by atoms with E-state index in [0.29, 0.717) is 5.69 Å². The largest absolute Gasteiger partial charge is 0.337 e. The molecule has 1 atom stereocenters. The highest BCUT2D eigenvalue weighted by Gasteiger charge is 2.26. The van der Waals surface area contributed by atoms with Crippen LogP contribution in [-0.4, -0.2) is 48.6 Å². The van der Waals surface area contributed by atoms with E-state index in [2.05, 4.69) is 24.7 Å². The molecule has 1 amide bonds. The van der Waals surface area contributed by atoms with Crippen molar-refractivity contribution in [3.8, 4) is 0 Å². The molecule has 3 heterocycles. The lowest BCUT2D eigenvalue weighted by molar-refractivity contribution is 0.0709. The van der Waals surface area contributed by atoms with Crippen LogP contribution in [0.3, 0.4) is 0 Å². The lowest BCUT2D eigenvalue weighted by Gasteiger charge is -2.26. The zero-order valence-electron chi connectivity index (χ0n) is 13.2. The van der Waals surface area contributed by atoms with E-state index >= 15 is 0 Å². The Kier molecular flexibility index (Phi) is 3.87. The van der Waals surface area contributed by atoms with E-state index in [1.165, 1.54) is 0 Å². The predicted octanol–water partition coefficient (Wildman–Crippen LogP) is 1.16. The first-order valence-corrected chi connectivity index (χ1v) is 7.50. The van der Waals surface area contributed by atoms with Gasteiger partial charge < -0.3 is 9.47 Å². The molecule has 1 aliphatic rings. The van der Waals surface area contributed by atoms with Gasteiger partial charge in [-0.3, -0.25) is 9.78 Å². The van der Waals surface area contributed by atoms with Crippen LogP contribution in [-0.2, 0) is 13.0 Å². The van der Waals surface area contributed by atoms with Crippen LogP contribution in [0, 0.1) is 13.8 Å². The zero-order chi connectivity index (χ0) is 15.7. The van der Waals surface area contributed by atoms with E-state index in [-0.39, 0.29) is 11.9 Å². The SMILES string of the molecule is Cc1cnc(C(=O)N(C)C2CCc3nnc(C)n3CC2)cn1. The van der Waals surface area contributed by atoms with Crippen LogP contribution in [0.5, 0.6) is 0 Å². The Morgan fingerprint density at radius 3 is 2.77 bits per heavy atom. The van der Waals surface area contributed by atoms with Gasteiger partial charge in [0.15, 0.2) is 0 Å². The standard InChI is InChI=1S/C15H20N6O/c1-10-8-17-13(9-16-10)15(22)20(3)12-4-5-14-19-18-11(2)21(14)7-6-12/h8-9,12H,4-7H2,1-3H3. The minimum Gasteiger partial charge on any atom is -0.337 e. The number of aryl methyl sites for hydroxylation is 3. The molecule has 1 aliphatic heterocycles. The van der Waals surface area contributed by atoms with Gasteiger partial charge in [-0.2, -0.15) is 0 Å². The fourth-order valence-electron chi connectivity index (χ4n) is 2.86. The van der Waals surface area contributed by atoms with Gasteiger partial charge in [-0.05, 0) is 26.7 Å². The number of fused-ring (bicyclic) bond motifs is 1. The fraction of sp³-hybridized carbons (Fsp3) is 0.533. The molecule has 0 saturated heterocycles. The Balaban J connectivity index is 1.72. The summed E-state index contributed by atoms with van der Waals surface area (Å²) in [6.45, 7) is 4.66. The van der Waals surface area contributed by atoms with E-state index in [9.17, 15) is 4.79 Å². The van der Waals surface area contributed by atoms with Gasteiger partial charge in [0.2, 0.25) is 0 Å². The highest BCUT2D eigenvalue weighted by atomic mass is 16.2. The maximum Gasteiger partial charge on any atom is 0.274 e. The number of amides is 1. The van der Waals surface area contributed by atoms with Gasteiger partial charge in [0.05, 0.1) is 11.9 Å². The predicted molar refractivity (Wildman–Crippen MR) is 80.3 cm³/mol. The van der Waals surface area contributed by atoms with Gasteiger partial charge in [0.1, 0.15) is 17.3 Å². The van der Waals surface area contributed by atoms with Gasteiger partial charge in [0, 0.05) is 32.3 Å². The summed E-state index contributed by atoms with van der Waals surface area (Å²) in [7, 11) is 1.84. The quantitative estimate of drug-likeness (QED) is 0.832. The molecule has 0 bridgehead atoms. The van der Waals surface area contributed by atoms with Crippen molar-refractivity contribution >= 4 is 5.91 Å². The molecular formula is C15H20N6O. The summed E-state index contributed by atoms with van der Waals surface area (Å²) < 4.78 is 2.14. The maximum absolute atomic E-state index is 12.5. The molecule has 7 nitrogen and oxygen atoms in total. The average Bonchev–Trinajstić information content (AvgIpc) is 2.74. The van der Waals surface area contributed by atoms with Crippen molar-refractivity contribution < 1.29 is 4.79 Å². The molecular weight excluding hydrogens is 280 g/mol. The highest BCUT2D eigenvalue weighted by molar-refractivity contribution is 5.92. The van der Waals surface area contributed by atoms with Crippen LogP contribution in [0.25, 0.3) is 0 Å². The normalized spacial score (nSPS) is 17.7. The molecule has 0 spiro atoms. The van der Waals surface area contributed by atoms with Crippen LogP contribution in [0.4, 0.5) is 0 Å². The number of carbonyl (C=O) groups is 1. The number of nitrogens with zero attached hydrogens (tertiary/aromatic N) is 6. The lowest BCUT2D eigenvalue weighted by Crippen LogP contribution is -2.38. The number of hydrogen-bond donors (Lipinski definition) is 0. The molecule has 0 N–H and O–H groups in total. The average molecular weight is 300 g/mol. The molecule has 1 unspecified atom stereocenters. The van der Waals surface area contributed by atoms with Crippen molar-refractivity contribution in [2.24, 2.45) is 0 Å². The molecule has 0 aromatic carbocycles. The van der Waals surface area contributed by atoms with Crippen molar-refractivity contribution in [1.82, 2.24) is 29.6 Å². The number of hydrogen-bond acceptors (Lipinski definition) is 5. The van der Waals surface area contributed by atoms with Gasteiger partial charge in [-0.25, -0.2) is 4.98 Å². The summed E-state index contributed by atoms with van der Waals surface area (Å²) in [4.78, 5) is 22.6. The molecule has 0 radical (unpaired) electrons. The van der Waals surface area contributed by atoms with Crippen molar-refractivity contribution in [2.45, 2.75) is 45.7 Å². The van der Waals surface area contributed by atoms with Crippen molar-refractivity contribution in [3.63, 3.8) is 0 Å². The maximum atomic E-state index is 12.5. The van der Waals surface area contributed by atoms with Gasteiger partial charge in [-0.1, -0.05) is 0 Å². The number of carbonyl (C=O) groups excluding carboxylic acids is 1. The lowest BCUT2D eigenvalue weighted by atomic mass is 10.1. The first-order valence-electron chi connectivity index (χ1n) is 7.50. The molecule has 2 aromatic rings. The van der Waals surface area contributed by atoms with E-state index in [4.69, 9.17) is 0 Å². The van der Waals surface area contributed by atoms with E-state index in [1.807, 2.05) is 20.9 Å². The van der Waals surface area contributed by atoms with Crippen LogP contribution < -0.4 is 0 Å². The molecule has 3 rings (SSSR count). The molecule has 0 aliphatic carbocycles. The highest BCUT2D eigenvalue weighted by Crippen LogP contribution is 2.19. The third-order valence-corrected chi connectivity index (χ3v) is 4.27. The molecule has 2 aromatic heterocycles. The minimum absolute atomic E-state index is 0.0770. The Hall–Kier alpha value is -2.31. The number of aromatic nitrogens is 5. The van der Waals surface area contributed by atoms with E-state index in [0.717, 1.165) is 43.1 Å². The van der Waals surface area contributed by atoms with Gasteiger partial charge in [0.25, 0.3) is 5.91 Å².